The predicted octanol–water partition coefficient (Wildman–Crippen LogP) is 8.26. The van der Waals surface area contributed by atoms with Gasteiger partial charge in [-0.3, -0.25) is 14.4 Å². The van der Waals surface area contributed by atoms with Crippen LogP contribution in [0.3, 0.4) is 0 Å². The molecule has 0 aromatic heterocycles. The second kappa shape index (κ2) is 29.5. The van der Waals surface area contributed by atoms with Crippen molar-refractivity contribution in [3.8, 4) is 0 Å². The first-order chi connectivity index (χ1) is 21.8. The van der Waals surface area contributed by atoms with E-state index in [4.69, 9.17) is 9.47 Å². The number of aliphatic hydroxyl groups excluding tert-OH is 2. The summed E-state index contributed by atoms with van der Waals surface area (Å²) in [7, 11) is 0. The van der Waals surface area contributed by atoms with E-state index in [0.717, 1.165) is 51.4 Å². The number of rotatable bonds is 31. The van der Waals surface area contributed by atoms with E-state index in [-0.39, 0.29) is 32.0 Å². The summed E-state index contributed by atoms with van der Waals surface area (Å²) in [5, 5.41) is 23.0. The highest BCUT2D eigenvalue weighted by Crippen LogP contribution is 2.25. The largest absolute Gasteiger partial charge is 0.463 e. The maximum atomic E-state index is 12.6. The van der Waals surface area contributed by atoms with Gasteiger partial charge in [-0.05, 0) is 32.1 Å². The summed E-state index contributed by atoms with van der Waals surface area (Å²) < 4.78 is 11.0. The first kappa shape index (κ1) is 43.1. The molecule has 0 aliphatic heterocycles. The minimum Gasteiger partial charge on any atom is -0.463 e. The molecule has 0 fully saturated rings. The number of esters is 2. The lowest BCUT2D eigenvalue weighted by Gasteiger charge is -2.31. The molecule has 0 saturated carbocycles. The van der Waals surface area contributed by atoms with Gasteiger partial charge in [-0.15, -0.1) is 0 Å². The van der Waals surface area contributed by atoms with E-state index in [9.17, 15) is 24.6 Å². The third-order valence-corrected chi connectivity index (χ3v) is 8.72. The molecule has 0 aromatic carbocycles. The minimum atomic E-state index is -0.993. The van der Waals surface area contributed by atoms with Crippen molar-refractivity contribution in [1.82, 2.24) is 5.32 Å². The van der Waals surface area contributed by atoms with E-state index >= 15 is 0 Å². The normalized spacial score (nSPS) is 13.1. The highest BCUT2D eigenvalue weighted by Gasteiger charge is 2.30. The van der Waals surface area contributed by atoms with Gasteiger partial charge in [0, 0.05) is 19.4 Å². The van der Waals surface area contributed by atoms with E-state index in [0.29, 0.717) is 25.7 Å². The third-order valence-electron chi connectivity index (χ3n) is 8.72. The maximum Gasteiger partial charge on any atom is 0.306 e. The quantitative estimate of drug-likeness (QED) is 0.0396. The van der Waals surface area contributed by atoms with Gasteiger partial charge in [0.15, 0.2) is 0 Å². The molecule has 0 aliphatic rings. The fraction of sp³-hybridized carbons (Fsp3) is 0.865. The molecule has 8 nitrogen and oxygen atoms in total. The minimum absolute atomic E-state index is 0.0844. The molecule has 0 spiro atoms. The second-order valence-electron chi connectivity index (χ2n) is 12.6. The van der Waals surface area contributed by atoms with Crippen LogP contribution in [0.15, 0.2) is 12.2 Å². The summed E-state index contributed by atoms with van der Waals surface area (Å²) in [4.78, 5) is 37.5. The molecule has 0 rings (SSSR count). The van der Waals surface area contributed by atoms with Gasteiger partial charge < -0.3 is 25.0 Å². The van der Waals surface area contributed by atoms with Crippen LogP contribution in [0.5, 0.6) is 0 Å². The Hall–Kier alpha value is -1.93. The number of unbranched alkanes of at least 4 members (excludes halogenated alkanes) is 15. The lowest BCUT2D eigenvalue weighted by Crippen LogP contribution is -2.46. The Labute approximate surface area is 275 Å². The summed E-state index contributed by atoms with van der Waals surface area (Å²) >= 11 is 0. The predicted molar refractivity (Wildman–Crippen MR) is 183 cm³/mol. The molecule has 1 unspecified atom stereocenters. The molecule has 1 amide bonds. The van der Waals surface area contributed by atoms with Crippen molar-refractivity contribution >= 4 is 17.8 Å². The summed E-state index contributed by atoms with van der Waals surface area (Å²) in [5.74, 6) is -1.28. The topological polar surface area (TPSA) is 122 Å². The van der Waals surface area contributed by atoms with E-state index in [1.54, 1.807) is 6.08 Å². The number of amides is 1. The number of nitrogens with one attached hydrogen (secondary N) is 1. The van der Waals surface area contributed by atoms with Crippen molar-refractivity contribution in [2.45, 2.75) is 193 Å². The van der Waals surface area contributed by atoms with Crippen LogP contribution in [0.25, 0.3) is 0 Å². The van der Waals surface area contributed by atoms with Crippen LogP contribution >= 0.6 is 0 Å². The molecule has 0 aliphatic carbocycles. The average molecular weight is 640 g/mol. The van der Waals surface area contributed by atoms with Gasteiger partial charge in [0.05, 0.1) is 25.0 Å². The Morgan fingerprint density at radius 2 is 1.22 bits per heavy atom. The van der Waals surface area contributed by atoms with Gasteiger partial charge in [0.2, 0.25) is 5.91 Å². The molecule has 0 saturated heterocycles. The van der Waals surface area contributed by atoms with Gasteiger partial charge in [0.1, 0.15) is 12.2 Å². The third kappa shape index (κ3) is 24.0. The molecule has 2 atom stereocenters. The summed E-state index contributed by atoms with van der Waals surface area (Å²) in [6.45, 7) is 7.93. The SMILES string of the molecule is CCCCCCCCCCCCC/C=C/C(O)[C@H](COC(=O)CCC(=O)OC(CC)(CC)CCO)NC(=O)CCCCCCC. The second-order valence-corrected chi connectivity index (χ2v) is 12.6. The van der Waals surface area contributed by atoms with Crippen LogP contribution in [0, 0.1) is 0 Å². The Kier molecular flexibility index (Phi) is 28.2. The molecule has 45 heavy (non-hydrogen) atoms. The van der Waals surface area contributed by atoms with Crippen molar-refractivity contribution in [2.75, 3.05) is 13.2 Å². The molecular formula is C37H69NO7. The van der Waals surface area contributed by atoms with Crippen LogP contribution in [-0.2, 0) is 23.9 Å². The molecule has 0 bridgehead atoms. The van der Waals surface area contributed by atoms with Crippen molar-refractivity contribution in [3.05, 3.63) is 12.2 Å². The molecular weight excluding hydrogens is 570 g/mol. The van der Waals surface area contributed by atoms with Gasteiger partial charge >= 0.3 is 11.9 Å². The summed E-state index contributed by atoms with van der Waals surface area (Å²) in [5.41, 5.74) is -0.731. The lowest BCUT2D eigenvalue weighted by atomic mass is 9.93. The zero-order chi connectivity index (χ0) is 33.6. The number of ether oxygens (including phenoxy) is 2. The van der Waals surface area contributed by atoms with E-state index < -0.39 is 29.7 Å². The number of aliphatic hydroxyl groups is 2. The molecule has 3 N–H and O–H groups in total. The zero-order valence-electron chi connectivity index (χ0n) is 29.4. The van der Waals surface area contributed by atoms with Crippen LogP contribution < -0.4 is 5.32 Å². The van der Waals surface area contributed by atoms with Gasteiger partial charge in [-0.2, -0.15) is 0 Å². The van der Waals surface area contributed by atoms with Crippen molar-refractivity contribution in [2.24, 2.45) is 0 Å². The average Bonchev–Trinajstić information content (AvgIpc) is 3.03. The fourth-order valence-corrected chi connectivity index (χ4v) is 5.44. The van der Waals surface area contributed by atoms with Crippen LogP contribution in [0.4, 0.5) is 0 Å². The standard InChI is InChI=1S/C37H69NO7/c1-5-9-11-13-14-15-16-17-18-19-20-22-23-25-33(40)32(38-34(41)26-24-21-12-10-6-2)31-44-35(42)27-28-36(43)45-37(7-3,8-4)29-30-39/h23,25,32-33,39-40H,5-22,24,26-31H2,1-4H3,(H,38,41)/b25-23+/t32-,33?/m0/s1. The Morgan fingerprint density at radius 1 is 0.711 bits per heavy atom. The first-order valence-corrected chi connectivity index (χ1v) is 18.4. The van der Waals surface area contributed by atoms with Crippen molar-refractivity contribution in [1.29, 1.82) is 0 Å². The molecule has 264 valence electrons. The Balaban J connectivity index is 4.70. The number of carbonyl (C=O) groups is 3. The number of hydrogen-bond donors (Lipinski definition) is 3. The zero-order valence-corrected chi connectivity index (χ0v) is 29.4. The number of carbonyl (C=O) groups excluding carboxylic acids is 3. The summed E-state index contributed by atoms with van der Waals surface area (Å²) in [6.07, 6.45) is 24.2. The van der Waals surface area contributed by atoms with Gasteiger partial charge in [-0.25, -0.2) is 0 Å². The van der Waals surface area contributed by atoms with Gasteiger partial charge in [0.25, 0.3) is 0 Å². The molecule has 0 heterocycles. The van der Waals surface area contributed by atoms with E-state index in [2.05, 4.69) is 19.2 Å². The highest BCUT2D eigenvalue weighted by molar-refractivity contribution is 5.78. The Morgan fingerprint density at radius 3 is 1.76 bits per heavy atom. The van der Waals surface area contributed by atoms with E-state index in [1.807, 2.05) is 19.9 Å². The fourth-order valence-electron chi connectivity index (χ4n) is 5.44. The number of hydrogen-bond acceptors (Lipinski definition) is 7. The number of allylic oxidation sites excluding steroid dienone is 1. The summed E-state index contributed by atoms with van der Waals surface area (Å²) in [6, 6.07) is -0.769. The lowest BCUT2D eigenvalue weighted by molar-refractivity contribution is -0.164. The first-order valence-electron chi connectivity index (χ1n) is 18.4. The van der Waals surface area contributed by atoms with Crippen molar-refractivity contribution in [3.63, 3.8) is 0 Å². The highest BCUT2D eigenvalue weighted by atomic mass is 16.6. The van der Waals surface area contributed by atoms with Crippen LogP contribution in [0.2, 0.25) is 0 Å². The van der Waals surface area contributed by atoms with Crippen LogP contribution in [-0.4, -0.2) is 59.0 Å². The van der Waals surface area contributed by atoms with Crippen LogP contribution in [0.1, 0.15) is 175 Å². The van der Waals surface area contributed by atoms with Gasteiger partial charge in [-0.1, -0.05) is 130 Å². The Bertz CT molecular complexity index is 766. The molecule has 0 aromatic rings. The molecule has 8 heteroatoms. The monoisotopic (exact) mass is 640 g/mol. The maximum absolute atomic E-state index is 12.6. The van der Waals surface area contributed by atoms with E-state index in [1.165, 1.54) is 57.8 Å². The molecule has 0 radical (unpaired) electrons. The smallest absolute Gasteiger partial charge is 0.306 e. The van der Waals surface area contributed by atoms with Crippen molar-refractivity contribution < 1.29 is 34.1 Å².